The Morgan fingerprint density at radius 3 is 1.04 bits per heavy atom. The Labute approximate surface area is 487 Å². The van der Waals surface area contributed by atoms with E-state index in [0.717, 1.165) is 11.8 Å². The summed E-state index contributed by atoms with van der Waals surface area (Å²) in [5, 5.41) is 0. The maximum Gasteiger partial charge on any atom is 0.338 e. The van der Waals surface area contributed by atoms with E-state index in [9.17, 15) is 38.4 Å². The fourth-order valence-corrected chi connectivity index (χ4v) is 10.1. The highest BCUT2D eigenvalue weighted by atomic mass is 32.2. The second kappa shape index (κ2) is 29.1. The zero-order valence-corrected chi connectivity index (χ0v) is 45.9. The van der Waals surface area contributed by atoms with Crippen molar-refractivity contribution in [2.45, 2.75) is 85.2 Å². The molecule has 2 aliphatic heterocycles. The molecule has 19 heteroatoms. The first-order chi connectivity index (χ1) is 40.9. The standard InChI is InChI=1S/C65H56O18S/c1-41(66)37-38-51(67)74-39-49-52(78-58(68)42-23-9-2-10-24-42)54(80-60(70)44-27-13-4-14-28-44)56(82-62(72)46-31-17-6-18-32-46)64(76-49)75-40-50-53(79-59(69)43-25-11-3-12-26-43)55(81-61(71)45-29-15-5-16-30-45)57(83-63(73)47-33-19-7-20-34-47)65(77-50)84-48-35-21-8-22-36-48/h2-36,49-50,52-57,64-65H,37-40H2,1H3/t49-,50-,52+,53+,54+,55+,56-,57-,64-,65+/m1/s1. The molecular formula is C65H56O18S. The van der Waals surface area contributed by atoms with Crippen LogP contribution in [-0.2, 0) is 57.0 Å². The minimum atomic E-state index is -1.88. The quantitative estimate of drug-likeness (QED) is 0.0454. The fraction of sp³-hybridized carbons (Fsp3) is 0.231. The summed E-state index contributed by atoms with van der Waals surface area (Å²) in [5.41, 5.74) is -0.847. The number of esters is 7. The van der Waals surface area contributed by atoms with Crippen LogP contribution < -0.4 is 0 Å². The van der Waals surface area contributed by atoms with Gasteiger partial charge in [0.2, 0.25) is 0 Å². The maximum atomic E-state index is 14.4. The highest BCUT2D eigenvalue weighted by molar-refractivity contribution is 7.99. The second-order valence-corrected chi connectivity index (χ2v) is 20.3. The number of benzene rings is 7. The van der Waals surface area contributed by atoms with Gasteiger partial charge in [0.15, 0.2) is 42.9 Å². The van der Waals surface area contributed by atoms with Gasteiger partial charge in [-0.05, 0) is 91.9 Å². The van der Waals surface area contributed by atoms with Crippen molar-refractivity contribution >= 4 is 59.3 Å². The fourth-order valence-electron chi connectivity index (χ4n) is 9.00. The van der Waals surface area contributed by atoms with E-state index < -0.39 is 116 Å². The van der Waals surface area contributed by atoms with Gasteiger partial charge in [0, 0.05) is 11.3 Å². The van der Waals surface area contributed by atoms with E-state index >= 15 is 0 Å². The molecule has 0 spiro atoms. The van der Waals surface area contributed by atoms with Crippen LogP contribution in [0.3, 0.4) is 0 Å². The first-order valence-corrected chi connectivity index (χ1v) is 27.6. The normalized spacial score (nSPS) is 21.7. The molecule has 18 nitrogen and oxygen atoms in total. The molecule has 0 N–H and O–H groups in total. The molecule has 0 amide bonds. The second-order valence-electron chi connectivity index (χ2n) is 19.2. The molecular weight excluding hydrogens is 1100 g/mol. The summed E-state index contributed by atoms with van der Waals surface area (Å²) in [6.45, 7) is -0.110. The number of hydrogen-bond acceptors (Lipinski definition) is 19. The molecule has 0 radical (unpaired) electrons. The molecule has 2 saturated heterocycles. The predicted molar refractivity (Wildman–Crippen MR) is 300 cm³/mol. The van der Waals surface area contributed by atoms with Crippen LogP contribution in [0.4, 0.5) is 0 Å². The number of thioether (sulfide) groups is 1. The topological polar surface area (TPSA) is 229 Å². The average Bonchev–Trinajstić information content (AvgIpc) is 2.09. The summed E-state index contributed by atoms with van der Waals surface area (Å²) in [5.74, 6) is -6.66. The highest BCUT2D eigenvalue weighted by Gasteiger charge is 2.56. The summed E-state index contributed by atoms with van der Waals surface area (Å²) in [6, 6.07) is 56.1. The Morgan fingerprint density at radius 2 is 0.667 bits per heavy atom. The Hall–Kier alpha value is -9.27. The minimum Gasteiger partial charge on any atom is -0.463 e. The molecule has 0 bridgehead atoms. The van der Waals surface area contributed by atoms with Crippen LogP contribution in [0, 0.1) is 0 Å². The molecule has 84 heavy (non-hydrogen) atoms. The minimum absolute atomic E-state index is 0.0344. The third kappa shape index (κ3) is 15.8. The summed E-state index contributed by atoms with van der Waals surface area (Å²) in [6.07, 6.45) is -15.8. The van der Waals surface area contributed by atoms with Crippen molar-refractivity contribution in [2.75, 3.05) is 13.2 Å². The van der Waals surface area contributed by atoms with E-state index in [1.807, 2.05) is 0 Å². The zero-order chi connectivity index (χ0) is 58.8. The van der Waals surface area contributed by atoms with Crippen LogP contribution in [0.5, 0.6) is 0 Å². The number of rotatable bonds is 22. The van der Waals surface area contributed by atoms with Gasteiger partial charge in [-0.25, -0.2) is 28.8 Å². The van der Waals surface area contributed by atoms with Crippen molar-refractivity contribution in [1.82, 2.24) is 0 Å². The van der Waals surface area contributed by atoms with Gasteiger partial charge in [-0.2, -0.15) is 0 Å². The van der Waals surface area contributed by atoms with Crippen LogP contribution in [-0.4, -0.2) is 121 Å². The lowest BCUT2D eigenvalue weighted by atomic mass is 9.97. The lowest BCUT2D eigenvalue weighted by Gasteiger charge is -2.46. The van der Waals surface area contributed by atoms with Gasteiger partial charge < -0.3 is 52.2 Å². The van der Waals surface area contributed by atoms with Gasteiger partial charge >= 0.3 is 41.8 Å². The lowest BCUT2D eigenvalue weighted by Crippen LogP contribution is -2.64. The number of hydrogen-bond donors (Lipinski definition) is 0. The van der Waals surface area contributed by atoms with E-state index in [1.54, 1.807) is 140 Å². The Morgan fingerprint density at radius 1 is 0.357 bits per heavy atom. The predicted octanol–water partition coefficient (Wildman–Crippen LogP) is 9.51. The first-order valence-electron chi connectivity index (χ1n) is 26.7. The Balaban J connectivity index is 1.16. The van der Waals surface area contributed by atoms with Crippen LogP contribution in [0.1, 0.15) is 81.9 Å². The SMILES string of the molecule is CC(=O)CCC(=O)OC[C@H]1O[C@@H](OC[C@H]2O[C@@H](Sc3ccccc3)[C@H](OC(=O)c3ccccc3)[C@@H](OC(=O)c3ccccc3)[C@H]2OC(=O)c2ccccc2)[C@H](OC(=O)c2ccccc2)[C@@H](OC(=O)c2ccccc2)[C@H]1OC(=O)c1ccccc1. The Kier molecular flexibility index (Phi) is 20.6. The number of Topliss-reactive ketones (excluding diaryl/α,β-unsaturated/α-hetero) is 1. The number of ether oxygens (including phenoxy) is 10. The van der Waals surface area contributed by atoms with Gasteiger partial charge in [-0.1, -0.05) is 139 Å². The van der Waals surface area contributed by atoms with Gasteiger partial charge in [0.05, 0.1) is 46.4 Å². The van der Waals surface area contributed by atoms with Crippen LogP contribution in [0.25, 0.3) is 0 Å². The van der Waals surface area contributed by atoms with Gasteiger partial charge in [-0.15, -0.1) is 0 Å². The summed E-state index contributed by atoms with van der Waals surface area (Å²) < 4.78 is 63.5. The highest BCUT2D eigenvalue weighted by Crippen LogP contribution is 2.40. The van der Waals surface area contributed by atoms with E-state index in [1.165, 1.54) is 79.7 Å². The van der Waals surface area contributed by atoms with Crippen molar-refractivity contribution in [2.24, 2.45) is 0 Å². The largest absolute Gasteiger partial charge is 0.463 e. The molecule has 430 valence electrons. The third-order valence-corrected chi connectivity index (χ3v) is 14.4. The number of carbonyl (C=O) groups is 8. The molecule has 0 aromatic heterocycles. The zero-order valence-electron chi connectivity index (χ0n) is 45.1. The van der Waals surface area contributed by atoms with Crippen LogP contribution in [0.15, 0.2) is 217 Å². The molecule has 0 aliphatic carbocycles. The third-order valence-electron chi connectivity index (χ3n) is 13.2. The number of ketones is 1. The van der Waals surface area contributed by atoms with E-state index in [4.69, 9.17) is 47.4 Å². The van der Waals surface area contributed by atoms with Gasteiger partial charge in [0.1, 0.15) is 30.0 Å². The average molecular weight is 1160 g/mol. The lowest BCUT2D eigenvalue weighted by molar-refractivity contribution is -0.309. The van der Waals surface area contributed by atoms with Gasteiger partial charge in [-0.3, -0.25) is 4.79 Å². The Bertz CT molecular complexity index is 3340. The van der Waals surface area contributed by atoms with Gasteiger partial charge in [0.25, 0.3) is 0 Å². The van der Waals surface area contributed by atoms with E-state index in [0.29, 0.717) is 4.90 Å². The molecule has 7 aromatic rings. The monoisotopic (exact) mass is 1160 g/mol. The molecule has 2 fully saturated rings. The first kappa shape index (κ1) is 59.4. The molecule has 7 aromatic carbocycles. The smallest absolute Gasteiger partial charge is 0.338 e. The molecule has 9 rings (SSSR count). The van der Waals surface area contributed by atoms with Crippen LogP contribution >= 0.6 is 11.8 Å². The molecule has 10 atom stereocenters. The van der Waals surface area contributed by atoms with Crippen molar-refractivity contribution < 1.29 is 85.7 Å². The van der Waals surface area contributed by atoms with E-state index in [2.05, 4.69) is 0 Å². The van der Waals surface area contributed by atoms with E-state index in [-0.39, 0.29) is 52.0 Å². The summed E-state index contributed by atoms with van der Waals surface area (Å²) >= 11 is 1.09. The summed E-state index contributed by atoms with van der Waals surface area (Å²) in [4.78, 5) is 112. The van der Waals surface area contributed by atoms with Crippen molar-refractivity contribution in [3.8, 4) is 0 Å². The summed E-state index contributed by atoms with van der Waals surface area (Å²) in [7, 11) is 0. The van der Waals surface area contributed by atoms with Crippen molar-refractivity contribution in [1.29, 1.82) is 0 Å². The number of carbonyl (C=O) groups excluding carboxylic acids is 8. The molecule has 0 unspecified atom stereocenters. The maximum absolute atomic E-state index is 14.4. The van der Waals surface area contributed by atoms with Crippen LogP contribution in [0.2, 0.25) is 0 Å². The van der Waals surface area contributed by atoms with Crippen molar-refractivity contribution in [3.63, 3.8) is 0 Å². The van der Waals surface area contributed by atoms with Crippen molar-refractivity contribution in [3.05, 3.63) is 246 Å². The molecule has 2 aliphatic rings. The molecule has 0 saturated carbocycles. The molecule has 2 heterocycles.